The summed E-state index contributed by atoms with van der Waals surface area (Å²) in [6.07, 6.45) is 2.09. The number of nitrogens with two attached hydrogens (primary N) is 1. The molecule has 76 valence electrons. The summed E-state index contributed by atoms with van der Waals surface area (Å²) in [5.74, 6) is -1.24. The summed E-state index contributed by atoms with van der Waals surface area (Å²) >= 11 is 0. The molecule has 0 bridgehead atoms. The minimum Gasteiger partial charge on any atom is -0.475 e. The Bertz CT molecular complexity index is 349. The lowest BCUT2D eigenvalue weighted by atomic mass is 10.3. The van der Waals surface area contributed by atoms with Crippen LogP contribution in [0.1, 0.15) is 17.0 Å². The molecule has 1 aliphatic heterocycles. The molecule has 1 aliphatic rings. The average Bonchev–Trinajstić information content (AvgIpc) is 2.70. The smallest absolute Gasteiger partial charge is 0.373 e. The second-order valence-corrected chi connectivity index (χ2v) is 3.31. The number of nitrogens with zero attached hydrogens (tertiary/aromatic N) is 2. The van der Waals surface area contributed by atoms with Gasteiger partial charge in [0, 0.05) is 19.1 Å². The number of anilines is 1. The number of oxazole rings is 1. The normalized spacial score (nSPS) is 21.5. The number of carboxylic acid groups (broad SMARTS) is 1. The predicted molar refractivity (Wildman–Crippen MR) is 48.3 cm³/mol. The quantitative estimate of drug-likeness (QED) is 0.688. The second kappa shape index (κ2) is 3.30. The molecule has 1 atom stereocenters. The highest BCUT2D eigenvalue weighted by Gasteiger charge is 2.23. The van der Waals surface area contributed by atoms with Crippen LogP contribution in [0.4, 0.5) is 6.01 Å². The van der Waals surface area contributed by atoms with E-state index in [1.54, 1.807) is 0 Å². The van der Waals surface area contributed by atoms with Crippen molar-refractivity contribution in [3.8, 4) is 0 Å². The standard InChI is InChI=1S/C8H11N3O3/c9-5-1-2-11(4-5)8-10-3-6(14-8)7(12)13/h3,5H,1-2,4,9H2,(H,12,13). The highest BCUT2D eigenvalue weighted by atomic mass is 16.4. The zero-order valence-electron chi connectivity index (χ0n) is 7.51. The molecule has 1 aromatic heterocycles. The van der Waals surface area contributed by atoms with Crippen LogP contribution in [-0.4, -0.2) is 35.2 Å². The van der Waals surface area contributed by atoms with Gasteiger partial charge in [0.05, 0.1) is 6.20 Å². The van der Waals surface area contributed by atoms with Crippen molar-refractivity contribution in [1.82, 2.24) is 4.98 Å². The van der Waals surface area contributed by atoms with Crippen LogP contribution in [0, 0.1) is 0 Å². The highest BCUT2D eigenvalue weighted by molar-refractivity contribution is 5.84. The molecule has 1 saturated heterocycles. The lowest BCUT2D eigenvalue weighted by Gasteiger charge is -2.11. The van der Waals surface area contributed by atoms with Crippen molar-refractivity contribution in [3.05, 3.63) is 12.0 Å². The van der Waals surface area contributed by atoms with Crippen LogP contribution in [0.5, 0.6) is 0 Å². The van der Waals surface area contributed by atoms with Gasteiger partial charge >= 0.3 is 5.97 Å². The maximum absolute atomic E-state index is 10.5. The lowest BCUT2D eigenvalue weighted by molar-refractivity contribution is 0.0663. The summed E-state index contributed by atoms with van der Waals surface area (Å²) < 4.78 is 5.04. The number of aromatic carboxylic acids is 1. The Kier molecular flexibility index (Phi) is 2.12. The summed E-state index contributed by atoms with van der Waals surface area (Å²) in [6.45, 7) is 1.43. The SMILES string of the molecule is NC1CCN(c2ncc(C(=O)O)o2)C1. The summed E-state index contributed by atoms with van der Waals surface area (Å²) in [5.41, 5.74) is 5.70. The van der Waals surface area contributed by atoms with Gasteiger partial charge in [0.1, 0.15) is 0 Å². The van der Waals surface area contributed by atoms with Crippen LogP contribution >= 0.6 is 0 Å². The predicted octanol–water partition coefficient (Wildman–Crippen LogP) is -0.0898. The van der Waals surface area contributed by atoms with Crippen LogP contribution in [0.2, 0.25) is 0 Å². The second-order valence-electron chi connectivity index (χ2n) is 3.31. The van der Waals surface area contributed by atoms with Crippen molar-refractivity contribution in [1.29, 1.82) is 0 Å². The topological polar surface area (TPSA) is 92.6 Å². The van der Waals surface area contributed by atoms with Gasteiger partial charge in [0.25, 0.3) is 6.01 Å². The van der Waals surface area contributed by atoms with E-state index in [1.165, 1.54) is 6.20 Å². The fourth-order valence-electron chi connectivity index (χ4n) is 1.47. The van der Waals surface area contributed by atoms with Crippen LogP contribution in [0.15, 0.2) is 10.6 Å². The molecule has 1 unspecified atom stereocenters. The minimum atomic E-state index is -1.10. The number of hydrogen-bond acceptors (Lipinski definition) is 5. The zero-order chi connectivity index (χ0) is 10.1. The Morgan fingerprint density at radius 2 is 2.57 bits per heavy atom. The fraction of sp³-hybridized carbons (Fsp3) is 0.500. The van der Waals surface area contributed by atoms with Gasteiger partial charge in [0.15, 0.2) is 0 Å². The Morgan fingerprint density at radius 3 is 3.07 bits per heavy atom. The van der Waals surface area contributed by atoms with Crippen LogP contribution < -0.4 is 10.6 Å². The van der Waals surface area contributed by atoms with E-state index in [4.69, 9.17) is 15.3 Å². The molecular formula is C8H11N3O3. The molecule has 0 saturated carbocycles. The number of carboxylic acids is 1. The van der Waals surface area contributed by atoms with Crippen molar-refractivity contribution in [3.63, 3.8) is 0 Å². The molecule has 0 radical (unpaired) electrons. The molecule has 3 N–H and O–H groups in total. The van der Waals surface area contributed by atoms with Crippen molar-refractivity contribution in [2.75, 3.05) is 18.0 Å². The Hall–Kier alpha value is -1.56. The van der Waals surface area contributed by atoms with Crippen molar-refractivity contribution < 1.29 is 14.3 Å². The fourth-order valence-corrected chi connectivity index (χ4v) is 1.47. The van der Waals surface area contributed by atoms with Gasteiger partial charge in [-0.3, -0.25) is 0 Å². The summed E-state index contributed by atoms with van der Waals surface area (Å²) in [4.78, 5) is 16.2. The highest BCUT2D eigenvalue weighted by Crippen LogP contribution is 2.19. The van der Waals surface area contributed by atoms with Gasteiger partial charge in [-0.05, 0) is 6.42 Å². The van der Waals surface area contributed by atoms with E-state index in [0.717, 1.165) is 13.0 Å². The van der Waals surface area contributed by atoms with E-state index < -0.39 is 5.97 Å². The monoisotopic (exact) mass is 197 g/mol. The van der Waals surface area contributed by atoms with Gasteiger partial charge in [-0.2, -0.15) is 0 Å². The first-order chi connectivity index (χ1) is 6.66. The average molecular weight is 197 g/mol. The maximum atomic E-state index is 10.5. The molecule has 2 rings (SSSR count). The molecule has 0 aliphatic carbocycles. The molecule has 1 aromatic rings. The third-order valence-electron chi connectivity index (χ3n) is 2.20. The largest absolute Gasteiger partial charge is 0.475 e. The molecule has 1 fully saturated rings. The molecule has 2 heterocycles. The summed E-state index contributed by atoms with van der Waals surface area (Å²) in [6, 6.07) is 0.463. The van der Waals surface area contributed by atoms with Gasteiger partial charge in [-0.1, -0.05) is 0 Å². The van der Waals surface area contributed by atoms with Gasteiger partial charge in [-0.25, -0.2) is 9.78 Å². The van der Waals surface area contributed by atoms with E-state index in [-0.39, 0.29) is 11.8 Å². The third-order valence-corrected chi connectivity index (χ3v) is 2.20. The van der Waals surface area contributed by atoms with Gasteiger partial charge in [-0.15, -0.1) is 0 Å². The number of carbonyl (C=O) groups is 1. The number of rotatable bonds is 2. The van der Waals surface area contributed by atoms with Crippen molar-refractivity contribution in [2.45, 2.75) is 12.5 Å². The van der Waals surface area contributed by atoms with Gasteiger partial charge in [0.2, 0.25) is 5.76 Å². The van der Waals surface area contributed by atoms with Crippen LogP contribution in [0.25, 0.3) is 0 Å². The zero-order valence-corrected chi connectivity index (χ0v) is 7.51. The van der Waals surface area contributed by atoms with Crippen LogP contribution in [-0.2, 0) is 0 Å². The molecular weight excluding hydrogens is 186 g/mol. The Balaban J connectivity index is 2.13. The van der Waals surface area contributed by atoms with Crippen molar-refractivity contribution in [2.24, 2.45) is 5.73 Å². The molecule has 0 aromatic carbocycles. The Morgan fingerprint density at radius 1 is 1.79 bits per heavy atom. The molecule has 14 heavy (non-hydrogen) atoms. The van der Waals surface area contributed by atoms with E-state index >= 15 is 0 Å². The lowest BCUT2D eigenvalue weighted by Crippen LogP contribution is -2.26. The molecule has 6 heteroatoms. The van der Waals surface area contributed by atoms with Crippen molar-refractivity contribution >= 4 is 12.0 Å². The minimum absolute atomic E-state index is 0.121. The Labute approximate surface area is 80.3 Å². The first kappa shape index (κ1) is 9.01. The molecule has 6 nitrogen and oxygen atoms in total. The van der Waals surface area contributed by atoms with E-state index in [1.807, 2.05) is 4.90 Å². The third kappa shape index (κ3) is 1.56. The van der Waals surface area contributed by atoms with Gasteiger partial charge < -0.3 is 20.2 Å². The number of aromatic nitrogens is 1. The number of hydrogen-bond donors (Lipinski definition) is 2. The first-order valence-electron chi connectivity index (χ1n) is 4.36. The maximum Gasteiger partial charge on any atom is 0.373 e. The van der Waals surface area contributed by atoms with E-state index in [0.29, 0.717) is 12.6 Å². The van der Waals surface area contributed by atoms with E-state index in [9.17, 15) is 4.79 Å². The summed E-state index contributed by atoms with van der Waals surface area (Å²) in [5, 5.41) is 8.62. The first-order valence-corrected chi connectivity index (χ1v) is 4.36. The molecule has 0 spiro atoms. The van der Waals surface area contributed by atoms with E-state index in [2.05, 4.69) is 4.98 Å². The summed E-state index contributed by atoms with van der Waals surface area (Å²) in [7, 11) is 0. The molecule has 0 amide bonds. The van der Waals surface area contributed by atoms with Crippen LogP contribution in [0.3, 0.4) is 0 Å².